The largest absolute Gasteiger partial charge is 0.346 e. The first-order valence-corrected chi connectivity index (χ1v) is 9.04. The van der Waals surface area contributed by atoms with Crippen LogP contribution < -0.4 is 0 Å². The van der Waals surface area contributed by atoms with Gasteiger partial charge in [-0.15, -0.1) is 0 Å². The molecule has 0 aliphatic carbocycles. The van der Waals surface area contributed by atoms with Gasteiger partial charge < -0.3 is 4.98 Å². The van der Waals surface area contributed by atoms with Crippen molar-refractivity contribution < 1.29 is 0 Å². The number of nitrogens with zero attached hydrogens (tertiary/aromatic N) is 5. The van der Waals surface area contributed by atoms with E-state index in [1.54, 1.807) is 4.68 Å². The van der Waals surface area contributed by atoms with Crippen molar-refractivity contribution in [2.75, 3.05) is 0 Å². The minimum atomic E-state index is 0.834. The summed E-state index contributed by atoms with van der Waals surface area (Å²) in [5.74, 6) is 0. The number of rotatable bonds is 3. The molecule has 0 fully saturated rings. The molecular weight excluding hydrogens is 348 g/mol. The lowest BCUT2D eigenvalue weighted by atomic mass is 10.0. The topological polar surface area (TPSA) is 72.3 Å². The number of aryl methyl sites for hydroxylation is 2. The summed E-state index contributed by atoms with van der Waals surface area (Å²) in [6.45, 7) is 1.98. The van der Waals surface area contributed by atoms with Gasteiger partial charge in [0.1, 0.15) is 5.65 Å². The highest BCUT2D eigenvalue weighted by atomic mass is 15.2. The predicted molar refractivity (Wildman–Crippen MR) is 109 cm³/mol. The Balaban J connectivity index is 1.69. The number of fused-ring (bicyclic) bond motifs is 1. The lowest BCUT2D eigenvalue weighted by Crippen LogP contribution is -1.93. The fourth-order valence-electron chi connectivity index (χ4n) is 3.41. The summed E-state index contributed by atoms with van der Waals surface area (Å²) in [6, 6.07) is 12.2. The molecule has 0 saturated carbocycles. The van der Waals surface area contributed by atoms with E-state index in [4.69, 9.17) is 4.98 Å². The minimum absolute atomic E-state index is 0.834. The first-order valence-electron chi connectivity index (χ1n) is 9.04. The summed E-state index contributed by atoms with van der Waals surface area (Å²) in [5.41, 5.74) is 7.66. The first-order chi connectivity index (χ1) is 13.7. The molecule has 0 aromatic carbocycles. The summed E-state index contributed by atoms with van der Waals surface area (Å²) < 4.78 is 1.79. The van der Waals surface area contributed by atoms with Gasteiger partial charge in [0.05, 0.1) is 17.6 Å². The number of nitrogens with one attached hydrogen (secondary N) is 1. The molecule has 0 bridgehead atoms. The zero-order valence-electron chi connectivity index (χ0n) is 15.6. The third-order valence-corrected chi connectivity index (χ3v) is 4.77. The summed E-state index contributed by atoms with van der Waals surface area (Å²) in [4.78, 5) is 17.1. The van der Waals surface area contributed by atoms with Crippen molar-refractivity contribution in [1.29, 1.82) is 0 Å². The third kappa shape index (κ3) is 2.85. The Morgan fingerprint density at radius 3 is 2.61 bits per heavy atom. The average molecular weight is 366 g/mol. The molecule has 0 amide bonds. The molecule has 0 spiro atoms. The fourth-order valence-corrected chi connectivity index (χ4v) is 3.41. The van der Waals surface area contributed by atoms with Crippen LogP contribution in [0.1, 0.15) is 5.69 Å². The van der Waals surface area contributed by atoms with Crippen LogP contribution in [0.25, 0.3) is 44.7 Å². The van der Waals surface area contributed by atoms with Crippen LogP contribution in [0.5, 0.6) is 0 Å². The standard InChI is InChI=1S/C22H18N6/c1-14-4-3-5-20(26-14)21-9-19(18-6-7-24-22(18)27-21)16-8-15(10-23-11-16)17-12-25-28(2)13-17/h3-13H,1-2H3,(H,24,27). The summed E-state index contributed by atoms with van der Waals surface area (Å²) >= 11 is 0. The van der Waals surface area contributed by atoms with E-state index in [1.807, 2.05) is 69.2 Å². The van der Waals surface area contributed by atoms with Crippen LogP contribution in [0.4, 0.5) is 0 Å². The Kier molecular flexibility index (Phi) is 3.76. The first kappa shape index (κ1) is 16.4. The molecular formula is C22H18N6. The van der Waals surface area contributed by atoms with E-state index in [9.17, 15) is 0 Å². The van der Waals surface area contributed by atoms with Crippen LogP contribution in [0.2, 0.25) is 0 Å². The van der Waals surface area contributed by atoms with Crippen molar-refractivity contribution in [1.82, 2.24) is 29.7 Å². The van der Waals surface area contributed by atoms with Gasteiger partial charge in [0.2, 0.25) is 0 Å². The number of hydrogen-bond acceptors (Lipinski definition) is 4. The molecule has 6 nitrogen and oxygen atoms in total. The maximum atomic E-state index is 4.76. The number of aromatic amines is 1. The van der Waals surface area contributed by atoms with Gasteiger partial charge in [-0.25, -0.2) is 4.98 Å². The highest BCUT2D eigenvalue weighted by Gasteiger charge is 2.13. The third-order valence-electron chi connectivity index (χ3n) is 4.77. The predicted octanol–water partition coefficient (Wildman–Crippen LogP) is 4.40. The Morgan fingerprint density at radius 1 is 0.893 bits per heavy atom. The second-order valence-electron chi connectivity index (χ2n) is 6.82. The van der Waals surface area contributed by atoms with Crippen LogP contribution in [0.3, 0.4) is 0 Å². The van der Waals surface area contributed by atoms with E-state index >= 15 is 0 Å². The fraction of sp³-hybridized carbons (Fsp3) is 0.0909. The highest BCUT2D eigenvalue weighted by Crippen LogP contribution is 2.32. The van der Waals surface area contributed by atoms with Crippen molar-refractivity contribution in [3.05, 3.63) is 73.1 Å². The van der Waals surface area contributed by atoms with Gasteiger partial charge in [-0.2, -0.15) is 5.10 Å². The van der Waals surface area contributed by atoms with Crippen molar-refractivity contribution in [2.24, 2.45) is 7.05 Å². The summed E-state index contributed by atoms with van der Waals surface area (Å²) in [5, 5.41) is 5.32. The van der Waals surface area contributed by atoms with Crippen molar-refractivity contribution in [2.45, 2.75) is 6.92 Å². The molecule has 5 heterocycles. The van der Waals surface area contributed by atoms with Gasteiger partial charge in [-0.3, -0.25) is 14.6 Å². The second-order valence-corrected chi connectivity index (χ2v) is 6.82. The van der Waals surface area contributed by atoms with E-state index < -0.39 is 0 Å². The Bertz CT molecular complexity index is 1300. The van der Waals surface area contributed by atoms with Gasteiger partial charge in [0.15, 0.2) is 0 Å². The van der Waals surface area contributed by atoms with Crippen LogP contribution in [0.15, 0.2) is 67.4 Å². The Hall–Kier alpha value is -3.80. The van der Waals surface area contributed by atoms with Crippen molar-refractivity contribution in [3.8, 4) is 33.6 Å². The molecule has 6 heteroatoms. The van der Waals surface area contributed by atoms with Gasteiger partial charge in [-0.1, -0.05) is 6.07 Å². The number of pyridine rings is 3. The van der Waals surface area contributed by atoms with Crippen LogP contribution in [-0.4, -0.2) is 29.7 Å². The van der Waals surface area contributed by atoms with Crippen LogP contribution >= 0.6 is 0 Å². The number of H-pyrrole nitrogens is 1. The van der Waals surface area contributed by atoms with E-state index in [2.05, 4.69) is 32.2 Å². The molecule has 0 saturated heterocycles. The van der Waals surface area contributed by atoms with E-state index in [0.717, 1.165) is 50.4 Å². The lowest BCUT2D eigenvalue weighted by Gasteiger charge is -2.09. The van der Waals surface area contributed by atoms with E-state index in [1.165, 1.54) is 0 Å². The van der Waals surface area contributed by atoms with Gasteiger partial charge in [0, 0.05) is 59.6 Å². The SMILES string of the molecule is Cc1cccc(-c2cc(-c3cncc(-c4cnn(C)c4)c3)c3cc[nH]c3n2)n1. The number of aromatic nitrogens is 6. The molecule has 0 radical (unpaired) electrons. The summed E-state index contributed by atoms with van der Waals surface area (Å²) in [7, 11) is 1.91. The monoisotopic (exact) mass is 366 g/mol. The van der Waals surface area contributed by atoms with Gasteiger partial charge in [0.25, 0.3) is 0 Å². The highest BCUT2D eigenvalue weighted by molar-refractivity contribution is 5.95. The smallest absolute Gasteiger partial charge is 0.138 e. The normalized spacial score (nSPS) is 11.2. The van der Waals surface area contributed by atoms with Crippen molar-refractivity contribution in [3.63, 3.8) is 0 Å². The van der Waals surface area contributed by atoms with Gasteiger partial charge in [-0.05, 0) is 42.8 Å². The lowest BCUT2D eigenvalue weighted by molar-refractivity contribution is 0.768. The molecule has 0 unspecified atom stereocenters. The van der Waals surface area contributed by atoms with E-state index in [-0.39, 0.29) is 0 Å². The number of hydrogen-bond donors (Lipinski definition) is 1. The average Bonchev–Trinajstić information content (AvgIpc) is 3.36. The van der Waals surface area contributed by atoms with Crippen LogP contribution in [-0.2, 0) is 7.05 Å². The Labute approximate surface area is 161 Å². The van der Waals surface area contributed by atoms with E-state index in [0.29, 0.717) is 0 Å². The maximum absolute atomic E-state index is 4.76. The molecule has 5 rings (SSSR count). The molecule has 0 aliphatic rings. The molecule has 0 aliphatic heterocycles. The van der Waals surface area contributed by atoms with Crippen LogP contribution in [0, 0.1) is 6.92 Å². The molecule has 28 heavy (non-hydrogen) atoms. The molecule has 0 atom stereocenters. The molecule has 136 valence electrons. The maximum Gasteiger partial charge on any atom is 0.138 e. The zero-order chi connectivity index (χ0) is 19.1. The summed E-state index contributed by atoms with van der Waals surface area (Å²) in [6.07, 6.45) is 9.49. The van der Waals surface area contributed by atoms with Crippen molar-refractivity contribution >= 4 is 11.0 Å². The second kappa shape index (κ2) is 6.42. The minimum Gasteiger partial charge on any atom is -0.346 e. The molecule has 5 aromatic heterocycles. The van der Waals surface area contributed by atoms with Gasteiger partial charge >= 0.3 is 0 Å². The zero-order valence-corrected chi connectivity index (χ0v) is 15.6. The molecule has 5 aromatic rings. The molecule has 1 N–H and O–H groups in total. The Morgan fingerprint density at radius 2 is 1.79 bits per heavy atom. The quantitative estimate of drug-likeness (QED) is 0.514.